The van der Waals surface area contributed by atoms with Gasteiger partial charge in [-0.15, -0.1) is 10.2 Å². The van der Waals surface area contributed by atoms with Crippen molar-refractivity contribution in [3.05, 3.63) is 119 Å². The van der Waals surface area contributed by atoms with Gasteiger partial charge in [-0.1, -0.05) is 91.0 Å². The Kier molecular flexibility index (Phi) is 6.05. The fourth-order valence-corrected chi connectivity index (χ4v) is 3.85. The summed E-state index contributed by atoms with van der Waals surface area (Å²) >= 11 is 0. The summed E-state index contributed by atoms with van der Waals surface area (Å²) in [5.41, 5.74) is 9.55. The molecule has 0 radical (unpaired) electrons. The predicted octanol–water partition coefficient (Wildman–Crippen LogP) is 5.25. The van der Waals surface area contributed by atoms with Crippen LogP contribution in [0.1, 0.15) is 47.7 Å². The molecule has 4 rings (SSSR count). The maximum absolute atomic E-state index is 6.53. The lowest BCUT2D eigenvalue weighted by molar-refractivity contribution is 0.334. The van der Waals surface area contributed by atoms with E-state index in [0.717, 1.165) is 12.0 Å². The van der Waals surface area contributed by atoms with Crippen LogP contribution in [0, 0.1) is 0 Å². The van der Waals surface area contributed by atoms with Gasteiger partial charge in [0.2, 0.25) is 11.8 Å². The van der Waals surface area contributed by atoms with Crippen LogP contribution in [0.4, 0.5) is 0 Å². The fraction of sp³-hybridized carbons (Fsp3) is 0.231. The summed E-state index contributed by atoms with van der Waals surface area (Å²) in [6.45, 7) is 1.94. The van der Waals surface area contributed by atoms with Crippen LogP contribution < -0.4 is 5.73 Å². The molecule has 4 aromatic rings. The summed E-state index contributed by atoms with van der Waals surface area (Å²) < 4.78 is 6.00. The lowest BCUT2D eigenvalue weighted by Crippen LogP contribution is -2.35. The number of rotatable bonds is 8. The average molecular weight is 398 g/mol. The van der Waals surface area contributed by atoms with Crippen LogP contribution in [0.3, 0.4) is 0 Å². The maximum Gasteiger partial charge on any atom is 0.236 e. The second-order valence-corrected chi connectivity index (χ2v) is 7.99. The summed E-state index contributed by atoms with van der Waals surface area (Å²) in [4.78, 5) is 0. The van der Waals surface area contributed by atoms with Crippen molar-refractivity contribution >= 4 is 0 Å². The Morgan fingerprint density at radius 2 is 1.33 bits per heavy atom. The van der Waals surface area contributed by atoms with Crippen LogP contribution >= 0.6 is 0 Å². The van der Waals surface area contributed by atoms with E-state index in [-0.39, 0.29) is 5.92 Å². The first kappa shape index (κ1) is 20.0. The van der Waals surface area contributed by atoms with E-state index in [1.54, 1.807) is 0 Å². The van der Waals surface area contributed by atoms with Crippen molar-refractivity contribution in [2.45, 2.75) is 37.6 Å². The highest BCUT2D eigenvalue weighted by atomic mass is 16.4. The van der Waals surface area contributed by atoms with Gasteiger partial charge in [-0.25, -0.2) is 0 Å². The van der Waals surface area contributed by atoms with Gasteiger partial charge in [0.05, 0.1) is 5.54 Å². The number of nitrogens with two attached hydrogens (primary N) is 1. The van der Waals surface area contributed by atoms with E-state index in [1.165, 1.54) is 11.1 Å². The molecule has 0 saturated heterocycles. The zero-order valence-corrected chi connectivity index (χ0v) is 17.2. The SMILES string of the molecule is C[C@@](N)(Cc1ccccc1)c1nnc(CCC(c2ccccc2)c2ccccc2)o1. The Morgan fingerprint density at radius 1 is 0.800 bits per heavy atom. The van der Waals surface area contributed by atoms with E-state index in [2.05, 4.69) is 70.9 Å². The summed E-state index contributed by atoms with van der Waals surface area (Å²) in [6, 6.07) is 31.3. The molecule has 1 heterocycles. The standard InChI is InChI=1S/C26H27N3O/c1-26(27,19-20-11-5-2-6-12-20)25-29-28-24(30-25)18-17-23(21-13-7-3-8-14-21)22-15-9-4-10-16-22/h2-16,23H,17-19,27H2,1H3/t26-/m1/s1. The van der Waals surface area contributed by atoms with E-state index < -0.39 is 5.54 Å². The Labute approximate surface area is 177 Å². The largest absolute Gasteiger partial charge is 0.423 e. The van der Waals surface area contributed by atoms with Gasteiger partial charge >= 0.3 is 0 Å². The molecule has 4 heteroatoms. The smallest absolute Gasteiger partial charge is 0.236 e. The van der Waals surface area contributed by atoms with Crippen molar-refractivity contribution in [2.75, 3.05) is 0 Å². The topological polar surface area (TPSA) is 64.9 Å². The summed E-state index contributed by atoms with van der Waals surface area (Å²) in [6.07, 6.45) is 2.23. The van der Waals surface area contributed by atoms with E-state index in [0.29, 0.717) is 24.6 Å². The van der Waals surface area contributed by atoms with E-state index in [1.807, 2.05) is 37.3 Å². The van der Waals surface area contributed by atoms with Gasteiger partial charge in [-0.3, -0.25) is 0 Å². The Balaban J connectivity index is 1.48. The second-order valence-electron chi connectivity index (χ2n) is 7.99. The van der Waals surface area contributed by atoms with E-state index in [9.17, 15) is 0 Å². The predicted molar refractivity (Wildman–Crippen MR) is 119 cm³/mol. The summed E-state index contributed by atoms with van der Waals surface area (Å²) in [5.74, 6) is 1.39. The van der Waals surface area contributed by atoms with Crippen LogP contribution in [-0.2, 0) is 18.4 Å². The molecule has 2 N–H and O–H groups in total. The van der Waals surface area contributed by atoms with Crippen LogP contribution in [0.25, 0.3) is 0 Å². The second kappa shape index (κ2) is 9.06. The summed E-state index contributed by atoms with van der Waals surface area (Å²) in [7, 11) is 0. The molecule has 30 heavy (non-hydrogen) atoms. The molecule has 0 aliphatic heterocycles. The van der Waals surface area contributed by atoms with E-state index in [4.69, 9.17) is 10.2 Å². The Hall–Kier alpha value is -3.24. The minimum absolute atomic E-state index is 0.274. The third-order valence-corrected chi connectivity index (χ3v) is 5.42. The van der Waals surface area contributed by atoms with Gasteiger partial charge in [-0.2, -0.15) is 0 Å². The molecule has 0 bridgehead atoms. The molecule has 0 aliphatic rings. The molecule has 0 unspecified atom stereocenters. The van der Waals surface area contributed by atoms with Gasteiger partial charge in [0.1, 0.15) is 0 Å². The van der Waals surface area contributed by atoms with Gasteiger partial charge in [0.15, 0.2) is 0 Å². The van der Waals surface area contributed by atoms with Crippen molar-refractivity contribution in [1.82, 2.24) is 10.2 Å². The first-order valence-corrected chi connectivity index (χ1v) is 10.4. The third-order valence-electron chi connectivity index (χ3n) is 5.42. The number of aromatic nitrogens is 2. The summed E-state index contributed by atoms with van der Waals surface area (Å²) in [5, 5.41) is 8.55. The lowest BCUT2D eigenvalue weighted by atomic mass is 9.87. The van der Waals surface area contributed by atoms with Crippen LogP contribution in [0.5, 0.6) is 0 Å². The van der Waals surface area contributed by atoms with Gasteiger partial charge in [-0.05, 0) is 36.5 Å². The van der Waals surface area contributed by atoms with Crippen molar-refractivity contribution < 1.29 is 4.42 Å². The van der Waals surface area contributed by atoms with Crippen molar-refractivity contribution in [2.24, 2.45) is 5.73 Å². The Bertz CT molecular complexity index is 1000. The quantitative estimate of drug-likeness (QED) is 0.441. The zero-order chi connectivity index (χ0) is 20.8. The molecule has 3 aromatic carbocycles. The zero-order valence-electron chi connectivity index (χ0n) is 17.2. The normalized spacial score (nSPS) is 13.3. The molecule has 0 saturated carbocycles. The highest BCUT2D eigenvalue weighted by Crippen LogP contribution is 2.30. The minimum atomic E-state index is -0.704. The highest BCUT2D eigenvalue weighted by molar-refractivity contribution is 5.32. The molecule has 0 spiro atoms. The van der Waals surface area contributed by atoms with Crippen LogP contribution in [0.15, 0.2) is 95.4 Å². The van der Waals surface area contributed by atoms with Crippen LogP contribution in [0.2, 0.25) is 0 Å². The van der Waals surface area contributed by atoms with Gasteiger partial charge in [0.25, 0.3) is 0 Å². The number of aryl methyl sites for hydroxylation is 1. The maximum atomic E-state index is 6.53. The molecule has 152 valence electrons. The first-order valence-electron chi connectivity index (χ1n) is 10.4. The molecule has 1 aromatic heterocycles. The number of benzene rings is 3. The van der Waals surface area contributed by atoms with Crippen molar-refractivity contribution in [3.8, 4) is 0 Å². The molecule has 0 fully saturated rings. The molecule has 1 atom stereocenters. The Morgan fingerprint density at radius 3 is 1.90 bits per heavy atom. The molecule has 0 aliphatic carbocycles. The first-order chi connectivity index (χ1) is 14.6. The average Bonchev–Trinajstić information content (AvgIpc) is 3.26. The minimum Gasteiger partial charge on any atom is -0.423 e. The molecule has 0 amide bonds. The number of hydrogen-bond donors (Lipinski definition) is 1. The van der Waals surface area contributed by atoms with E-state index >= 15 is 0 Å². The number of hydrogen-bond acceptors (Lipinski definition) is 4. The van der Waals surface area contributed by atoms with Gasteiger partial charge in [0, 0.05) is 12.3 Å². The number of nitrogens with zero attached hydrogens (tertiary/aromatic N) is 2. The fourth-order valence-electron chi connectivity index (χ4n) is 3.85. The van der Waals surface area contributed by atoms with Crippen LogP contribution in [-0.4, -0.2) is 10.2 Å². The van der Waals surface area contributed by atoms with Crippen molar-refractivity contribution in [1.29, 1.82) is 0 Å². The van der Waals surface area contributed by atoms with Crippen molar-refractivity contribution in [3.63, 3.8) is 0 Å². The molecular weight excluding hydrogens is 370 g/mol. The molecule has 4 nitrogen and oxygen atoms in total. The molecular formula is C26H27N3O. The highest BCUT2D eigenvalue weighted by Gasteiger charge is 2.28. The monoisotopic (exact) mass is 397 g/mol. The van der Waals surface area contributed by atoms with Gasteiger partial charge < -0.3 is 10.2 Å². The lowest BCUT2D eigenvalue weighted by Gasteiger charge is -2.20. The third kappa shape index (κ3) is 4.84.